The van der Waals surface area contributed by atoms with Gasteiger partial charge < -0.3 is 14.8 Å². The first-order valence-electron chi connectivity index (χ1n) is 9.94. The summed E-state index contributed by atoms with van der Waals surface area (Å²) in [6, 6.07) is 14.1. The number of hydrogen-bond donors (Lipinski definition) is 1. The minimum Gasteiger partial charge on any atom is -0.494 e. The number of ether oxygens (including phenoxy) is 2. The molecule has 154 valence electrons. The topological polar surface area (TPSA) is 60.5 Å². The molecule has 0 spiro atoms. The van der Waals surface area contributed by atoms with E-state index in [1.807, 2.05) is 31.3 Å². The van der Waals surface area contributed by atoms with Gasteiger partial charge in [0.15, 0.2) is 0 Å². The van der Waals surface area contributed by atoms with Crippen LogP contribution < -0.4 is 10.1 Å². The van der Waals surface area contributed by atoms with E-state index in [9.17, 15) is 4.79 Å². The number of aryl methyl sites for hydroxylation is 1. The van der Waals surface area contributed by atoms with Crippen molar-refractivity contribution in [2.45, 2.75) is 13.8 Å². The minimum atomic E-state index is -0.0991. The second kappa shape index (κ2) is 8.81. The van der Waals surface area contributed by atoms with Gasteiger partial charge in [0.25, 0.3) is 5.91 Å². The summed E-state index contributed by atoms with van der Waals surface area (Å²) in [6.07, 6.45) is 1.87. The summed E-state index contributed by atoms with van der Waals surface area (Å²) < 4.78 is 11.8. The summed E-state index contributed by atoms with van der Waals surface area (Å²) in [5.41, 5.74) is 3.98. The lowest BCUT2D eigenvalue weighted by Gasteiger charge is -2.07. The third-order valence-electron chi connectivity index (χ3n) is 4.94. The quantitative estimate of drug-likeness (QED) is 0.418. The molecular weight excluding hydrogens is 396 g/mol. The summed E-state index contributed by atoms with van der Waals surface area (Å²) in [6.45, 7) is 5.55. The molecule has 0 saturated carbocycles. The van der Waals surface area contributed by atoms with Crippen LogP contribution >= 0.6 is 11.3 Å². The van der Waals surface area contributed by atoms with E-state index in [0.29, 0.717) is 24.6 Å². The molecule has 0 unspecified atom stereocenters. The standard InChI is InChI=1S/C24H24N2O3S/c1-4-29-17-9-10-20-18(13-17)22-19(14-26-20)21(16-7-5-15(2)6-8-16)23(30-22)24(27)25-11-12-28-3/h5-10,13-14H,4,11-12H2,1-3H3,(H,25,27). The van der Waals surface area contributed by atoms with Crippen LogP contribution in [-0.4, -0.2) is 37.8 Å². The Balaban J connectivity index is 1.93. The molecule has 1 N–H and O–H groups in total. The van der Waals surface area contributed by atoms with Crippen molar-refractivity contribution in [1.29, 1.82) is 0 Å². The predicted octanol–water partition coefficient (Wildman–Crippen LogP) is 5.20. The molecule has 30 heavy (non-hydrogen) atoms. The Morgan fingerprint density at radius 2 is 1.93 bits per heavy atom. The molecule has 0 atom stereocenters. The molecule has 0 aliphatic carbocycles. The van der Waals surface area contributed by atoms with Gasteiger partial charge >= 0.3 is 0 Å². The highest BCUT2D eigenvalue weighted by Crippen LogP contribution is 2.42. The zero-order chi connectivity index (χ0) is 21.1. The highest BCUT2D eigenvalue weighted by molar-refractivity contribution is 7.22. The highest BCUT2D eigenvalue weighted by atomic mass is 32.1. The lowest BCUT2D eigenvalue weighted by molar-refractivity contribution is 0.0942. The Morgan fingerprint density at radius 3 is 2.67 bits per heavy atom. The highest BCUT2D eigenvalue weighted by Gasteiger charge is 2.21. The van der Waals surface area contributed by atoms with Gasteiger partial charge in [0.05, 0.1) is 18.7 Å². The van der Waals surface area contributed by atoms with Gasteiger partial charge in [-0.1, -0.05) is 29.8 Å². The summed E-state index contributed by atoms with van der Waals surface area (Å²) in [5.74, 6) is 0.702. The van der Waals surface area contributed by atoms with Crippen molar-refractivity contribution in [2.75, 3.05) is 26.9 Å². The molecule has 2 aromatic heterocycles. The summed E-state index contributed by atoms with van der Waals surface area (Å²) >= 11 is 1.50. The van der Waals surface area contributed by atoms with Crippen LogP contribution in [0.2, 0.25) is 0 Å². The van der Waals surface area contributed by atoms with E-state index in [4.69, 9.17) is 9.47 Å². The molecule has 6 heteroatoms. The molecule has 1 amide bonds. The number of carbonyl (C=O) groups excluding carboxylic acids is 1. The lowest BCUT2D eigenvalue weighted by atomic mass is 10.0. The SMILES string of the molecule is CCOc1ccc2ncc3c(-c4ccc(C)cc4)c(C(=O)NCCOC)sc3c2c1. The van der Waals surface area contributed by atoms with Crippen LogP contribution in [0, 0.1) is 6.92 Å². The van der Waals surface area contributed by atoms with Gasteiger partial charge in [-0.3, -0.25) is 9.78 Å². The second-order valence-corrected chi connectivity index (χ2v) is 8.05. The maximum atomic E-state index is 13.1. The fraction of sp³-hybridized carbons (Fsp3) is 0.250. The molecular formula is C24H24N2O3S. The molecule has 0 fully saturated rings. The van der Waals surface area contributed by atoms with E-state index in [1.165, 1.54) is 16.9 Å². The van der Waals surface area contributed by atoms with Crippen LogP contribution in [0.15, 0.2) is 48.7 Å². The van der Waals surface area contributed by atoms with Gasteiger partial charge in [-0.15, -0.1) is 11.3 Å². The number of hydrogen-bond acceptors (Lipinski definition) is 5. The van der Waals surface area contributed by atoms with E-state index in [1.54, 1.807) is 7.11 Å². The predicted molar refractivity (Wildman–Crippen MR) is 123 cm³/mol. The van der Waals surface area contributed by atoms with Crippen molar-refractivity contribution >= 4 is 38.2 Å². The first-order valence-corrected chi connectivity index (χ1v) is 10.8. The number of aromatic nitrogens is 1. The number of nitrogens with zero attached hydrogens (tertiary/aromatic N) is 1. The van der Waals surface area contributed by atoms with Gasteiger partial charge in [0.2, 0.25) is 0 Å². The maximum absolute atomic E-state index is 13.1. The number of amides is 1. The number of pyridine rings is 1. The minimum absolute atomic E-state index is 0.0991. The van der Waals surface area contributed by atoms with Crippen molar-refractivity contribution in [1.82, 2.24) is 10.3 Å². The van der Waals surface area contributed by atoms with E-state index in [-0.39, 0.29) is 5.91 Å². The van der Waals surface area contributed by atoms with Gasteiger partial charge in [0.1, 0.15) is 10.6 Å². The summed E-state index contributed by atoms with van der Waals surface area (Å²) in [4.78, 5) is 18.4. The third kappa shape index (κ3) is 3.88. The van der Waals surface area contributed by atoms with Crippen LogP contribution in [0.25, 0.3) is 32.1 Å². The number of carbonyl (C=O) groups is 1. The third-order valence-corrected chi connectivity index (χ3v) is 6.18. The Kier molecular flexibility index (Phi) is 5.97. The van der Waals surface area contributed by atoms with Crippen LogP contribution in [0.3, 0.4) is 0 Å². The lowest BCUT2D eigenvalue weighted by Crippen LogP contribution is -2.26. The average molecular weight is 421 g/mol. The van der Waals surface area contributed by atoms with Gasteiger partial charge in [-0.2, -0.15) is 0 Å². The fourth-order valence-corrected chi connectivity index (χ4v) is 4.72. The summed E-state index contributed by atoms with van der Waals surface area (Å²) in [7, 11) is 1.62. The van der Waals surface area contributed by atoms with Crippen LogP contribution in [0.4, 0.5) is 0 Å². The van der Waals surface area contributed by atoms with E-state index in [2.05, 4.69) is 41.5 Å². The van der Waals surface area contributed by atoms with E-state index in [0.717, 1.165) is 37.9 Å². The van der Waals surface area contributed by atoms with Crippen molar-refractivity contribution < 1.29 is 14.3 Å². The van der Waals surface area contributed by atoms with Crippen LogP contribution in [0.5, 0.6) is 5.75 Å². The number of nitrogens with one attached hydrogen (secondary N) is 1. The number of fused-ring (bicyclic) bond motifs is 3. The van der Waals surface area contributed by atoms with Crippen molar-refractivity contribution in [3.8, 4) is 16.9 Å². The molecule has 0 radical (unpaired) electrons. The first kappa shape index (κ1) is 20.3. The van der Waals surface area contributed by atoms with Crippen LogP contribution in [0.1, 0.15) is 22.2 Å². The maximum Gasteiger partial charge on any atom is 0.262 e. The van der Waals surface area contributed by atoms with Crippen molar-refractivity contribution in [3.63, 3.8) is 0 Å². The Bertz CT molecular complexity index is 1200. The number of rotatable bonds is 7. The van der Waals surface area contributed by atoms with E-state index < -0.39 is 0 Å². The average Bonchev–Trinajstić information content (AvgIpc) is 3.15. The van der Waals surface area contributed by atoms with Gasteiger partial charge in [-0.25, -0.2) is 0 Å². The normalized spacial score (nSPS) is 11.2. The molecule has 4 aromatic rings. The Morgan fingerprint density at radius 1 is 1.13 bits per heavy atom. The van der Waals surface area contributed by atoms with Gasteiger partial charge in [-0.05, 0) is 37.6 Å². The molecule has 0 bridgehead atoms. The van der Waals surface area contributed by atoms with Crippen LogP contribution in [-0.2, 0) is 4.74 Å². The molecule has 5 nitrogen and oxygen atoms in total. The molecule has 2 aromatic carbocycles. The number of thiophene rings is 1. The zero-order valence-corrected chi connectivity index (χ0v) is 18.1. The Labute approximate surface area is 179 Å². The molecule has 4 rings (SSSR count). The smallest absolute Gasteiger partial charge is 0.262 e. The van der Waals surface area contributed by atoms with Crippen molar-refractivity contribution in [2.24, 2.45) is 0 Å². The monoisotopic (exact) mass is 420 g/mol. The molecule has 2 heterocycles. The number of benzene rings is 2. The molecule has 0 saturated heterocycles. The number of methoxy groups -OCH3 is 1. The summed E-state index contributed by atoms with van der Waals surface area (Å²) in [5, 5.41) is 4.93. The van der Waals surface area contributed by atoms with Crippen molar-refractivity contribution in [3.05, 3.63) is 59.1 Å². The fourth-order valence-electron chi connectivity index (χ4n) is 3.48. The largest absolute Gasteiger partial charge is 0.494 e. The second-order valence-electron chi connectivity index (χ2n) is 7.03. The first-order chi connectivity index (χ1) is 14.6. The zero-order valence-electron chi connectivity index (χ0n) is 17.3. The Hall–Kier alpha value is -2.96. The molecule has 0 aliphatic rings. The van der Waals surface area contributed by atoms with Gasteiger partial charge in [0, 0.05) is 40.9 Å². The molecule has 0 aliphatic heterocycles. The van der Waals surface area contributed by atoms with E-state index >= 15 is 0 Å².